The van der Waals surface area contributed by atoms with Crippen LogP contribution in [-0.2, 0) is 6.54 Å². The zero-order valence-corrected chi connectivity index (χ0v) is 10.2. The molecule has 4 nitrogen and oxygen atoms in total. The van der Waals surface area contributed by atoms with Gasteiger partial charge in [0, 0.05) is 0 Å². The molecule has 1 heterocycles. The Hall–Kier alpha value is -0.900. The second-order valence-corrected chi connectivity index (χ2v) is 4.57. The summed E-state index contributed by atoms with van der Waals surface area (Å²) in [5, 5.41) is 7.81. The molecule has 2 rings (SSSR count). The van der Waals surface area contributed by atoms with E-state index in [2.05, 4.69) is 27.0 Å². The molecular formula is C12H22N4. The summed E-state index contributed by atoms with van der Waals surface area (Å²) in [5.74, 6) is 0.922. The minimum atomic E-state index is 0.588. The summed E-state index contributed by atoms with van der Waals surface area (Å²) in [7, 11) is 0. The first kappa shape index (κ1) is 11.6. The highest BCUT2D eigenvalue weighted by molar-refractivity contribution is 4.83. The van der Waals surface area contributed by atoms with E-state index in [4.69, 9.17) is 0 Å². The fraction of sp³-hybridized carbons (Fsp3) is 0.833. The lowest BCUT2D eigenvalue weighted by atomic mass is 10.1. The van der Waals surface area contributed by atoms with Crippen LogP contribution in [-0.4, -0.2) is 21.3 Å². The van der Waals surface area contributed by atoms with Crippen molar-refractivity contribution in [1.82, 2.24) is 20.1 Å². The molecule has 0 unspecified atom stereocenters. The van der Waals surface area contributed by atoms with Crippen LogP contribution in [0.3, 0.4) is 0 Å². The Morgan fingerprint density at radius 3 is 2.75 bits per heavy atom. The van der Waals surface area contributed by atoms with E-state index in [0.717, 1.165) is 18.9 Å². The van der Waals surface area contributed by atoms with Gasteiger partial charge in [-0.05, 0) is 19.4 Å². The van der Waals surface area contributed by atoms with Crippen LogP contribution < -0.4 is 5.32 Å². The molecule has 1 saturated carbocycles. The fourth-order valence-corrected chi connectivity index (χ4v) is 2.33. The first-order chi connectivity index (χ1) is 7.90. The standard InChI is InChI=1S/C12H22N4/c1-2-13-9-12-14-10-16(15-12)11-7-5-3-4-6-8-11/h10-11,13H,2-9H2,1H3. The summed E-state index contributed by atoms with van der Waals surface area (Å²) in [4.78, 5) is 4.35. The summed E-state index contributed by atoms with van der Waals surface area (Å²) in [6.45, 7) is 3.86. The molecule has 1 N–H and O–H groups in total. The van der Waals surface area contributed by atoms with Crippen LogP contribution in [0.5, 0.6) is 0 Å². The van der Waals surface area contributed by atoms with E-state index in [1.165, 1.54) is 38.5 Å². The number of rotatable bonds is 4. The second-order valence-electron chi connectivity index (χ2n) is 4.57. The minimum Gasteiger partial charge on any atom is -0.310 e. The number of nitrogens with zero attached hydrogens (tertiary/aromatic N) is 3. The molecule has 0 aliphatic heterocycles. The van der Waals surface area contributed by atoms with Gasteiger partial charge >= 0.3 is 0 Å². The van der Waals surface area contributed by atoms with Crippen molar-refractivity contribution in [2.24, 2.45) is 0 Å². The van der Waals surface area contributed by atoms with Gasteiger partial charge in [0.2, 0.25) is 0 Å². The van der Waals surface area contributed by atoms with Crippen LogP contribution >= 0.6 is 0 Å². The molecule has 0 spiro atoms. The van der Waals surface area contributed by atoms with E-state index in [1.54, 1.807) is 0 Å². The van der Waals surface area contributed by atoms with Crippen LogP contribution in [0.4, 0.5) is 0 Å². The van der Waals surface area contributed by atoms with E-state index in [-0.39, 0.29) is 0 Å². The highest BCUT2D eigenvalue weighted by atomic mass is 15.3. The van der Waals surface area contributed by atoms with Crippen LogP contribution in [0.25, 0.3) is 0 Å². The highest BCUT2D eigenvalue weighted by Crippen LogP contribution is 2.25. The van der Waals surface area contributed by atoms with Gasteiger partial charge in [-0.1, -0.05) is 32.6 Å². The Kier molecular flexibility index (Phi) is 4.34. The van der Waals surface area contributed by atoms with E-state index >= 15 is 0 Å². The first-order valence-corrected chi connectivity index (χ1v) is 6.51. The predicted octanol–water partition coefficient (Wildman–Crippen LogP) is 2.28. The lowest BCUT2D eigenvalue weighted by Crippen LogP contribution is -2.14. The van der Waals surface area contributed by atoms with Crippen molar-refractivity contribution >= 4 is 0 Å². The van der Waals surface area contributed by atoms with E-state index in [1.807, 2.05) is 6.33 Å². The number of nitrogens with one attached hydrogen (secondary N) is 1. The minimum absolute atomic E-state index is 0.588. The molecule has 4 heteroatoms. The summed E-state index contributed by atoms with van der Waals surface area (Å²) < 4.78 is 2.08. The molecule has 0 amide bonds. The van der Waals surface area contributed by atoms with Crippen molar-refractivity contribution in [2.75, 3.05) is 6.54 Å². The van der Waals surface area contributed by atoms with Gasteiger partial charge in [0.25, 0.3) is 0 Å². The molecule has 90 valence electrons. The average molecular weight is 222 g/mol. The molecule has 1 aliphatic rings. The van der Waals surface area contributed by atoms with Crippen molar-refractivity contribution in [3.63, 3.8) is 0 Å². The van der Waals surface area contributed by atoms with Crippen molar-refractivity contribution in [3.8, 4) is 0 Å². The third kappa shape index (κ3) is 3.04. The van der Waals surface area contributed by atoms with Crippen molar-refractivity contribution in [2.45, 2.75) is 58.0 Å². The number of hydrogen-bond donors (Lipinski definition) is 1. The van der Waals surface area contributed by atoms with Crippen LogP contribution in [0.1, 0.15) is 57.3 Å². The molecule has 0 bridgehead atoms. The molecular weight excluding hydrogens is 200 g/mol. The first-order valence-electron chi connectivity index (χ1n) is 6.51. The average Bonchev–Trinajstić information content (AvgIpc) is 2.60. The SMILES string of the molecule is CCNCc1ncn(C2CCCCCC2)n1. The van der Waals surface area contributed by atoms with Gasteiger partial charge in [0.15, 0.2) is 5.82 Å². The smallest absolute Gasteiger partial charge is 0.164 e. The molecule has 0 saturated heterocycles. The second kappa shape index (κ2) is 5.99. The van der Waals surface area contributed by atoms with Gasteiger partial charge in [-0.25, -0.2) is 9.67 Å². The molecule has 1 fully saturated rings. The lowest BCUT2D eigenvalue weighted by Gasteiger charge is -2.13. The number of aromatic nitrogens is 3. The van der Waals surface area contributed by atoms with E-state index in [0.29, 0.717) is 6.04 Å². The summed E-state index contributed by atoms with van der Waals surface area (Å²) in [6, 6.07) is 0.588. The van der Waals surface area contributed by atoms with Crippen molar-refractivity contribution in [3.05, 3.63) is 12.2 Å². The summed E-state index contributed by atoms with van der Waals surface area (Å²) in [6.07, 6.45) is 9.89. The summed E-state index contributed by atoms with van der Waals surface area (Å²) in [5.41, 5.74) is 0. The van der Waals surface area contributed by atoms with E-state index in [9.17, 15) is 0 Å². The van der Waals surface area contributed by atoms with E-state index < -0.39 is 0 Å². The van der Waals surface area contributed by atoms with Gasteiger partial charge in [-0.2, -0.15) is 5.10 Å². The van der Waals surface area contributed by atoms with Gasteiger partial charge < -0.3 is 5.32 Å². The monoisotopic (exact) mass is 222 g/mol. The molecule has 0 radical (unpaired) electrons. The third-order valence-corrected chi connectivity index (χ3v) is 3.29. The van der Waals surface area contributed by atoms with Gasteiger partial charge in [-0.3, -0.25) is 0 Å². The van der Waals surface area contributed by atoms with Crippen LogP contribution in [0.15, 0.2) is 6.33 Å². The molecule has 16 heavy (non-hydrogen) atoms. The largest absolute Gasteiger partial charge is 0.310 e. The van der Waals surface area contributed by atoms with Crippen LogP contribution in [0, 0.1) is 0 Å². The summed E-state index contributed by atoms with van der Waals surface area (Å²) >= 11 is 0. The normalized spacial score (nSPS) is 18.6. The zero-order chi connectivity index (χ0) is 11.2. The maximum atomic E-state index is 4.56. The van der Waals surface area contributed by atoms with Crippen molar-refractivity contribution < 1.29 is 0 Å². The molecule has 1 aromatic rings. The van der Waals surface area contributed by atoms with Gasteiger partial charge in [0.05, 0.1) is 12.6 Å². The Morgan fingerprint density at radius 2 is 2.06 bits per heavy atom. The quantitative estimate of drug-likeness (QED) is 0.795. The highest BCUT2D eigenvalue weighted by Gasteiger charge is 2.15. The fourth-order valence-electron chi connectivity index (χ4n) is 2.33. The Balaban J connectivity index is 1.94. The third-order valence-electron chi connectivity index (χ3n) is 3.29. The molecule has 1 aliphatic carbocycles. The van der Waals surface area contributed by atoms with Crippen LogP contribution in [0.2, 0.25) is 0 Å². The maximum Gasteiger partial charge on any atom is 0.164 e. The predicted molar refractivity (Wildman–Crippen MR) is 64.1 cm³/mol. The lowest BCUT2D eigenvalue weighted by molar-refractivity contribution is 0.401. The Bertz CT molecular complexity index is 300. The van der Waals surface area contributed by atoms with Gasteiger partial charge in [-0.15, -0.1) is 0 Å². The Morgan fingerprint density at radius 1 is 1.31 bits per heavy atom. The molecule has 0 aromatic carbocycles. The molecule has 1 aromatic heterocycles. The molecule has 0 atom stereocenters. The number of hydrogen-bond acceptors (Lipinski definition) is 3. The zero-order valence-electron chi connectivity index (χ0n) is 10.2. The topological polar surface area (TPSA) is 42.7 Å². The Labute approximate surface area is 97.5 Å². The maximum absolute atomic E-state index is 4.56. The van der Waals surface area contributed by atoms with Crippen molar-refractivity contribution in [1.29, 1.82) is 0 Å². The van der Waals surface area contributed by atoms with Gasteiger partial charge in [0.1, 0.15) is 6.33 Å².